The normalized spacial score (nSPS) is 11.8. The van der Waals surface area contributed by atoms with E-state index < -0.39 is 0 Å². The largest absolute Gasteiger partial charge is 0.490 e. The van der Waals surface area contributed by atoms with Gasteiger partial charge in [0, 0.05) is 12.6 Å². The zero-order valence-electron chi connectivity index (χ0n) is 17.4. The average molecular weight is 390 g/mol. The zero-order valence-corrected chi connectivity index (χ0v) is 17.4. The molecular formula is C26H31NO2. The first-order valence-corrected chi connectivity index (χ1v) is 10.4. The second-order valence-electron chi connectivity index (χ2n) is 7.29. The van der Waals surface area contributed by atoms with Crippen LogP contribution in [0.5, 0.6) is 11.5 Å². The number of hydrogen-bond acceptors (Lipinski definition) is 3. The summed E-state index contributed by atoms with van der Waals surface area (Å²) in [5.74, 6) is 1.59. The standard InChI is InChI=1S/C26H31NO2/c1-3-28-26-18-24(16-17-25(26)29-20-23-12-8-5-9-13-23)19-27-21(2)14-15-22-10-6-4-7-11-22/h4-13,16-18,21,27H,3,14-15,19-20H2,1-2H3/t21-/m0/s1. The fraction of sp³-hybridized carbons (Fsp3) is 0.308. The number of benzene rings is 3. The lowest BCUT2D eigenvalue weighted by Crippen LogP contribution is -2.26. The van der Waals surface area contributed by atoms with Crippen LogP contribution >= 0.6 is 0 Å². The maximum atomic E-state index is 6.00. The molecule has 0 spiro atoms. The molecule has 1 atom stereocenters. The quantitative estimate of drug-likeness (QED) is 0.451. The van der Waals surface area contributed by atoms with Gasteiger partial charge in [-0.05, 0) is 55.5 Å². The minimum atomic E-state index is 0.444. The molecule has 0 aromatic heterocycles. The van der Waals surface area contributed by atoms with E-state index in [-0.39, 0.29) is 0 Å². The molecule has 1 N–H and O–H groups in total. The van der Waals surface area contributed by atoms with Gasteiger partial charge in [-0.1, -0.05) is 66.7 Å². The van der Waals surface area contributed by atoms with Crippen molar-refractivity contribution in [1.82, 2.24) is 5.32 Å². The zero-order chi connectivity index (χ0) is 20.3. The molecule has 3 heteroatoms. The minimum absolute atomic E-state index is 0.444. The Morgan fingerprint density at radius 1 is 0.759 bits per heavy atom. The van der Waals surface area contributed by atoms with E-state index in [0.717, 1.165) is 36.4 Å². The van der Waals surface area contributed by atoms with Crippen molar-refractivity contribution < 1.29 is 9.47 Å². The third kappa shape index (κ3) is 6.95. The second kappa shape index (κ2) is 11.3. The molecule has 0 saturated heterocycles. The average Bonchev–Trinajstić information content (AvgIpc) is 2.77. The summed E-state index contributed by atoms with van der Waals surface area (Å²) in [6.45, 7) is 6.21. The second-order valence-corrected chi connectivity index (χ2v) is 7.29. The highest BCUT2D eigenvalue weighted by Crippen LogP contribution is 2.29. The molecule has 0 amide bonds. The molecule has 29 heavy (non-hydrogen) atoms. The summed E-state index contributed by atoms with van der Waals surface area (Å²) in [6.07, 6.45) is 2.20. The molecule has 0 aliphatic heterocycles. The molecule has 0 aliphatic carbocycles. The van der Waals surface area contributed by atoms with E-state index in [1.165, 1.54) is 11.1 Å². The lowest BCUT2D eigenvalue weighted by atomic mass is 10.1. The van der Waals surface area contributed by atoms with Crippen LogP contribution in [0, 0.1) is 0 Å². The number of hydrogen-bond donors (Lipinski definition) is 1. The molecule has 0 heterocycles. The predicted molar refractivity (Wildman–Crippen MR) is 119 cm³/mol. The Kier molecular flexibility index (Phi) is 8.14. The van der Waals surface area contributed by atoms with Crippen LogP contribution in [0.15, 0.2) is 78.9 Å². The fourth-order valence-electron chi connectivity index (χ4n) is 3.21. The van der Waals surface area contributed by atoms with Gasteiger partial charge in [0.1, 0.15) is 6.61 Å². The first-order valence-electron chi connectivity index (χ1n) is 10.4. The molecule has 0 aliphatic rings. The van der Waals surface area contributed by atoms with Crippen LogP contribution in [-0.2, 0) is 19.6 Å². The van der Waals surface area contributed by atoms with Crippen molar-refractivity contribution >= 4 is 0 Å². The molecule has 0 fully saturated rings. The van der Waals surface area contributed by atoms with Crippen molar-refractivity contribution in [2.75, 3.05) is 6.61 Å². The van der Waals surface area contributed by atoms with E-state index in [1.54, 1.807) is 0 Å². The Bertz CT molecular complexity index is 849. The minimum Gasteiger partial charge on any atom is -0.490 e. The summed E-state index contributed by atoms with van der Waals surface area (Å²) in [7, 11) is 0. The van der Waals surface area contributed by atoms with Gasteiger partial charge in [-0.2, -0.15) is 0 Å². The molecule has 3 aromatic carbocycles. The van der Waals surface area contributed by atoms with Gasteiger partial charge in [0.25, 0.3) is 0 Å². The van der Waals surface area contributed by atoms with E-state index in [4.69, 9.17) is 9.47 Å². The maximum Gasteiger partial charge on any atom is 0.161 e. The van der Waals surface area contributed by atoms with Gasteiger partial charge in [0.15, 0.2) is 11.5 Å². The maximum absolute atomic E-state index is 6.00. The Morgan fingerprint density at radius 2 is 1.45 bits per heavy atom. The van der Waals surface area contributed by atoms with Gasteiger partial charge < -0.3 is 14.8 Å². The van der Waals surface area contributed by atoms with Crippen LogP contribution in [0.4, 0.5) is 0 Å². The first-order chi connectivity index (χ1) is 14.2. The highest BCUT2D eigenvalue weighted by atomic mass is 16.5. The van der Waals surface area contributed by atoms with Crippen molar-refractivity contribution in [3.8, 4) is 11.5 Å². The molecule has 0 saturated carbocycles. The number of nitrogens with one attached hydrogen (secondary N) is 1. The van der Waals surface area contributed by atoms with Gasteiger partial charge in [-0.25, -0.2) is 0 Å². The molecule has 3 rings (SSSR count). The third-order valence-electron chi connectivity index (χ3n) is 4.91. The van der Waals surface area contributed by atoms with Gasteiger partial charge in [0.05, 0.1) is 6.61 Å². The van der Waals surface area contributed by atoms with Crippen LogP contribution in [0.1, 0.15) is 37.0 Å². The van der Waals surface area contributed by atoms with Crippen LogP contribution in [0.3, 0.4) is 0 Å². The van der Waals surface area contributed by atoms with Gasteiger partial charge in [0.2, 0.25) is 0 Å². The highest BCUT2D eigenvalue weighted by molar-refractivity contribution is 5.43. The summed E-state index contributed by atoms with van der Waals surface area (Å²) >= 11 is 0. The summed E-state index contributed by atoms with van der Waals surface area (Å²) < 4.78 is 11.8. The molecule has 0 unspecified atom stereocenters. The Balaban J connectivity index is 1.53. The SMILES string of the molecule is CCOc1cc(CN[C@@H](C)CCc2ccccc2)ccc1OCc1ccccc1. The molecule has 152 valence electrons. The molecule has 0 bridgehead atoms. The highest BCUT2D eigenvalue weighted by Gasteiger charge is 2.08. The van der Waals surface area contributed by atoms with Gasteiger partial charge in [-0.3, -0.25) is 0 Å². The van der Waals surface area contributed by atoms with Crippen molar-refractivity contribution in [2.45, 2.75) is 45.9 Å². The Morgan fingerprint density at radius 3 is 2.14 bits per heavy atom. The summed E-state index contributed by atoms with van der Waals surface area (Å²) in [4.78, 5) is 0. The van der Waals surface area contributed by atoms with Gasteiger partial charge >= 0.3 is 0 Å². The smallest absolute Gasteiger partial charge is 0.161 e. The molecule has 3 nitrogen and oxygen atoms in total. The predicted octanol–water partition coefficient (Wildman–Crippen LogP) is 5.78. The molecule has 3 aromatic rings. The van der Waals surface area contributed by atoms with Gasteiger partial charge in [-0.15, -0.1) is 0 Å². The van der Waals surface area contributed by atoms with E-state index in [0.29, 0.717) is 19.3 Å². The lowest BCUT2D eigenvalue weighted by Gasteiger charge is -2.16. The van der Waals surface area contributed by atoms with Crippen molar-refractivity contribution in [3.05, 3.63) is 95.6 Å². The molecular weight excluding hydrogens is 358 g/mol. The van der Waals surface area contributed by atoms with E-state index in [2.05, 4.69) is 66.8 Å². The van der Waals surface area contributed by atoms with Crippen LogP contribution in [0.25, 0.3) is 0 Å². The Labute approximate surface area is 174 Å². The number of rotatable bonds is 11. The van der Waals surface area contributed by atoms with Crippen molar-refractivity contribution in [3.63, 3.8) is 0 Å². The Hall–Kier alpha value is -2.78. The van der Waals surface area contributed by atoms with E-state index in [1.807, 2.05) is 31.2 Å². The van der Waals surface area contributed by atoms with Crippen molar-refractivity contribution in [2.24, 2.45) is 0 Å². The van der Waals surface area contributed by atoms with Crippen LogP contribution in [-0.4, -0.2) is 12.6 Å². The summed E-state index contributed by atoms with van der Waals surface area (Å²) in [6, 6.07) is 27.5. The van der Waals surface area contributed by atoms with E-state index >= 15 is 0 Å². The molecule has 0 radical (unpaired) electrons. The fourth-order valence-corrected chi connectivity index (χ4v) is 3.21. The third-order valence-corrected chi connectivity index (χ3v) is 4.91. The summed E-state index contributed by atoms with van der Waals surface area (Å²) in [5.41, 5.74) is 3.74. The monoisotopic (exact) mass is 389 g/mol. The number of aryl methyl sites for hydroxylation is 1. The van der Waals surface area contributed by atoms with Crippen LogP contribution < -0.4 is 14.8 Å². The van der Waals surface area contributed by atoms with E-state index in [9.17, 15) is 0 Å². The van der Waals surface area contributed by atoms with Crippen LogP contribution in [0.2, 0.25) is 0 Å². The summed E-state index contributed by atoms with van der Waals surface area (Å²) in [5, 5.41) is 3.62. The number of ether oxygens (including phenoxy) is 2. The van der Waals surface area contributed by atoms with Crippen molar-refractivity contribution in [1.29, 1.82) is 0 Å². The lowest BCUT2D eigenvalue weighted by molar-refractivity contribution is 0.269. The first kappa shape index (κ1) is 20.9. The topological polar surface area (TPSA) is 30.5 Å².